The zero-order chi connectivity index (χ0) is 17.6. The third-order valence-electron chi connectivity index (χ3n) is 3.37. The minimum atomic E-state index is -0.321. The van der Waals surface area contributed by atoms with E-state index >= 15 is 0 Å². The fourth-order valence-corrected chi connectivity index (χ4v) is 2.99. The van der Waals surface area contributed by atoms with Crippen molar-refractivity contribution in [2.45, 2.75) is 6.42 Å². The number of amides is 1. The van der Waals surface area contributed by atoms with Crippen LogP contribution in [0.3, 0.4) is 0 Å². The first-order valence-corrected chi connectivity index (χ1v) is 8.34. The smallest absolute Gasteiger partial charge is 0.250 e. The molecular formula is C19H14F2N2OS. The van der Waals surface area contributed by atoms with Crippen LogP contribution in [0.25, 0.3) is 6.08 Å². The van der Waals surface area contributed by atoms with Crippen LogP contribution in [0.1, 0.15) is 16.0 Å². The van der Waals surface area contributed by atoms with Gasteiger partial charge in [-0.05, 0) is 41.5 Å². The van der Waals surface area contributed by atoms with E-state index in [1.165, 1.54) is 41.7 Å². The fraction of sp³-hybridized carbons (Fsp3) is 0.0526. The first-order chi connectivity index (χ1) is 12.1. The van der Waals surface area contributed by atoms with Crippen LogP contribution in [0.15, 0.2) is 60.8 Å². The van der Waals surface area contributed by atoms with E-state index in [1.807, 2.05) is 0 Å². The Morgan fingerprint density at radius 3 is 2.36 bits per heavy atom. The number of benzene rings is 2. The average Bonchev–Trinajstić information content (AvgIpc) is 3.03. The molecule has 0 aliphatic carbocycles. The van der Waals surface area contributed by atoms with Crippen molar-refractivity contribution >= 4 is 28.5 Å². The van der Waals surface area contributed by atoms with Gasteiger partial charge in [0, 0.05) is 23.6 Å². The van der Waals surface area contributed by atoms with Crippen LogP contribution in [0.2, 0.25) is 0 Å². The Morgan fingerprint density at radius 1 is 1.04 bits per heavy atom. The second-order valence-corrected chi connectivity index (χ2v) is 6.42. The maximum Gasteiger partial charge on any atom is 0.250 e. The topological polar surface area (TPSA) is 42.0 Å². The molecular weight excluding hydrogens is 342 g/mol. The van der Waals surface area contributed by atoms with Gasteiger partial charge in [-0.3, -0.25) is 10.1 Å². The molecule has 3 aromatic rings. The van der Waals surface area contributed by atoms with Gasteiger partial charge in [0.1, 0.15) is 11.6 Å². The molecule has 0 aliphatic heterocycles. The summed E-state index contributed by atoms with van der Waals surface area (Å²) < 4.78 is 25.7. The maximum absolute atomic E-state index is 12.9. The number of carbonyl (C=O) groups excluding carboxylic acids is 1. The summed E-state index contributed by atoms with van der Waals surface area (Å²) in [6.07, 6.45) is 5.28. The highest BCUT2D eigenvalue weighted by atomic mass is 32.1. The molecule has 0 atom stereocenters. The molecule has 1 heterocycles. The molecule has 0 saturated heterocycles. The van der Waals surface area contributed by atoms with Crippen molar-refractivity contribution < 1.29 is 13.6 Å². The van der Waals surface area contributed by atoms with Gasteiger partial charge in [-0.1, -0.05) is 24.3 Å². The van der Waals surface area contributed by atoms with Crippen LogP contribution >= 0.6 is 11.3 Å². The molecule has 0 aliphatic rings. The highest BCUT2D eigenvalue weighted by molar-refractivity contribution is 7.15. The van der Waals surface area contributed by atoms with E-state index in [0.29, 0.717) is 11.6 Å². The quantitative estimate of drug-likeness (QED) is 0.676. The number of nitrogens with zero attached hydrogens (tertiary/aromatic N) is 1. The lowest BCUT2D eigenvalue weighted by molar-refractivity contribution is -0.111. The summed E-state index contributed by atoms with van der Waals surface area (Å²) in [7, 11) is 0. The van der Waals surface area contributed by atoms with Crippen molar-refractivity contribution in [1.82, 2.24) is 4.98 Å². The standard InChI is InChI=1S/C19H14F2N2OS/c20-15-6-1-13(2-7-15)5-10-18(24)23-19-22-12-17(25-19)11-14-3-8-16(21)9-4-14/h1-10,12H,11H2,(H,22,23,24). The van der Waals surface area contributed by atoms with Crippen LogP contribution in [-0.4, -0.2) is 10.9 Å². The molecule has 1 N–H and O–H groups in total. The number of nitrogens with one attached hydrogen (secondary N) is 1. The van der Waals surface area contributed by atoms with Gasteiger partial charge in [-0.25, -0.2) is 13.8 Å². The van der Waals surface area contributed by atoms with Gasteiger partial charge in [-0.2, -0.15) is 0 Å². The normalized spacial score (nSPS) is 11.0. The SMILES string of the molecule is O=C(C=Cc1ccc(F)cc1)Nc1ncc(Cc2ccc(F)cc2)s1. The van der Waals surface area contributed by atoms with Gasteiger partial charge in [0.2, 0.25) is 5.91 Å². The summed E-state index contributed by atoms with van der Waals surface area (Å²) >= 11 is 1.36. The Kier molecular flexibility index (Phi) is 5.30. The third-order valence-corrected chi connectivity index (χ3v) is 4.29. The summed E-state index contributed by atoms with van der Waals surface area (Å²) in [6, 6.07) is 12.1. The molecule has 6 heteroatoms. The first-order valence-electron chi connectivity index (χ1n) is 7.52. The molecule has 0 saturated carbocycles. The summed E-state index contributed by atoms with van der Waals surface area (Å²) in [5.41, 5.74) is 1.70. The van der Waals surface area contributed by atoms with Gasteiger partial charge < -0.3 is 0 Å². The van der Waals surface area contributed by atoms with E-state index < -0.39 is 0 Å². The van der Waals surface area contributed by atoms with Gasteiger partial charge in [-0.15, -0.1) is 11.3 Å². The first kappa shape index (κ1) is 17.0. The second-order valence-electron chi connectivity index (χ2n) is 5.31. The molecule has 126 valence electrons. The predicted octanol–water partition coefficient (Wildman–Crippen LogP) is 4.66. The average molecular weight is 356 g/mol. The summed E-state index contributed by atoms with van der Waals surface area (Å²) in [5, 5.41) is 3.18. The predicted molar refractivity (Wildman–Crippen MR) is 95.4 cm³/mol. The Labute approximate surface area is 147 Å². The maximum atomic E-state index is 12.9. The molecule has 2 aromatic carbocycles. The van der Waals surface area contributed by atoms with Crippen LogP contribution in [0.4, 0.5) is 13.9 Å². The van der Waals surface area contributed by atoms with Crippen LogP contribution in [-0.2, 0) is 11.2 Å². The van der Waals surface area contributed by atoms with E-state index in [1.54, 1.807) is 36.5 Å². The summed E-state index contributed by atoms with van der Waals surface area (Å²) in [4.78, 5) is 17.0. The van der Waals surface area contributed by atoms with E-state index in [0.717, 1.165) is 16.0 Å². The Morgan fingerprint density at radius 2 is 1.68 bits per heavy atom. The number of carbonyl (C=O) groups is 1. The number of anilines is 1. The third kappa shape index (κ3) is 5.06. The molecule has 0 unspecified atom stereocenters. The largest absolute Gasteiger partial charge is 0.298 e. The van der Waals surface area contributed by atoms with E-state index in [2.05, 4.69) is 10.3 Å². The van der Waals surface area contributed by atoms with Crippen molar-refractivity contribution in [2.75, 3.05) is 5.32 Å². The van der Waals surface area contributed by atoms with Gasteiger partial charge >= 0.3 is 0 Å². The van der Waals surface area contributed by atoms with Gasteiger partial charge in [0.05, 0.1) is 0 Å². The van der Waals surface area contributed by atoms with Crippen LogP contribution in [0.5, 0.6) is 0 Å². The lowest BCUT2D eigenvalue weighted by Crippen LogP contribution is -2.07. The molecule has 0 bridgehead atoms. The number of aromatic nitrogens is 1. The molecule has 0 fully saturated rings. The van der Waals surface area contributed by atoms with Crippen molar-refractivity contribution in [3.8, 4) is 0 Å². The van der Waals surface area contributed by atoms with Crippen molar-refractivity contribution in [3.05, 3.63) is 88.4 Å². The monoisotopic (exact) mass is 356 g/mol. The van der Waals surface area contributed by atoms with Gasteiger partial charge in [0.25, 0.3) is 0 Å². The molecule has 1 amide bonds. The number of rotatable bonds is 5. The Balaban J connectivity index is 1.57. The molecule has 0 radical (unpaired) electrons. The van der Waals surface area contributed by atoms with Crippen LogP contribution < -0.4 is 5.32 Å². The lowest BCUT2D eigenvalue weighted by Gasteiger charge is -1.98. The van der Waals surface area contributed by atoms with E-state index in [9.17, 15) is 13.6 Å². The Bertz CT molecular complexity index is 887. The highest BCUT2D eigenvalue weighted by Crippen LogP contribution is 2.21. The minimum Gasteiger partial charge on any atom is -0.298 e. The second kappa shape index (κ2) is 7.81. The molecule has 1 aromatic heterocycles. The Hall–Kier alpha value is -2.86. The van der Waals surface area contributed by atoms with Crippen molar-refractivity contribution in [3.63, 3.8) is 0 Å². The van der Waals surface area contributed by atoms with Gasteiger partial charge in [0.15, 0.2) is 5.13 Å². The van der Waals surface area contributed by atoms with E-state index in [-0.39, 0.29) is 17.5 Å². The molecule has 3 rings (SSSR count). The number of hydrogen-bond acceptors (Lipinski definition) is 3. The summed E-state index contributed by atoms with van der Waals surface area (Å²) in [5.74, 6) is -0.904. The molecule has 25 heavy (non-hydrogen) atoms. The zero-order valence-corrected chi connectivity index (χ0v) is 13.9. The van der Waals surface area contributed by atoms with E-state index in [4.69, 9.17) is 0 Å². The lowest BCUT2D eigenvalue weighted by atomic mass is 10.1. The minimum absolute atomic E-state index is 0.269. The summed E-state index contributed by atoms with van der Waals surface area (Å²) in [6.45, 7) is 0. The van der Waals surface area contributed by atoms with Crippen LogP contribution in [0, 0.1) is 11.6 Å². The number of thiazole rings is 1. The van der Waals surface area contributed by atoms with Crippen molar-refractivity contribution in [1.29, 1.82) is 0 Å². The fourth-order valence-electron chi connectivity index (χ4n) is 2.14. The molecule has 3 nitrogen and oxygen atoms in total. The number of hydrogen-bond donors (Lipinski definition) is 1. The highest BCUT2D eigenvalue weighted by Gasteiger charge is 2.05. The van der Waals surface area contributed by atoms with Crippen molar-refractivity contribution in [2.24, 2.45) is 0 Å². The molecule has 0 spiro atoms. The number of halogens is 2. The zero-order valence-electron chi connectivity index (χ0n) is 13.1.